The van der Waals surface area contributed by atoms with E-state index in [2.05, 4.69) is 22.5 Å². The summed E-state index contributed by atoms with van der Waals surface area (Å²) >= 11 is 0. The number of rotatable bonds is 7. The molecule has 0 spiro atoms. The Morgan fingerprint density at radius 2 is 1.59 bits per heavy atom. The number of nitrogens with one attached hydrogen (secondary N) is 2. The molecule has 0 radical (unpaired) electrons. The van der Waals surface area contributed by atoms with Crippen molar-refractivity contribution in [2.24, 2.45) is 4.99 Å². The van der Waals surface area contributed by atoms with Gasteiger partial charge in [-0.3, -0.25) is 19.4 Å². The highest BCUT2D eigenvalue weighted by Gasteiger charge is 2.36. The molecule has 0 saturated carbocycles. The number of amides is 3. The standard InChI is InChI=1S/C31H33N5O3/c1-3-32-29(37)23-12-15-25-26(20-23)34-30(38)27(25)28(21-8-6-5-7-9-21)33-24-13-10-22(11-14-24)31(39)36-18-16-35(4-2)17-19-36/h5-15,20,27H,3-4,16-19H2,1-2H3,(H,32,37)(H,34,38). The van der Waals surface area contributed by atoms with Gasteiger partial charge in [0.15, 0.2) is 0 Å². The maximum atomic E-state index is 13.3. The summed E-state index contributed by atoms with van der Waals surface area (Å²) in [6.45, 7) is 8.75. The number of nitrogens with zero attached hydrogens (tertiary/aromatic N) is 3. The quantitative estimate of drug-likeness (QED) is 0.457. The van der Waals surface area contributed by atoms with Crippen LogP contribution in [-0.4, -0.2) is 72.5 Å². The zero-order valence-electron chi connectivity index (χ0n) is 22.3. The second-order valence-electron chi connectivity index (χ2n) is 9.72. The predicted octanol–water partition coefficient (Wildman–Crippen LogP) is 4.07. The van der Waals surface area contributed by atoms with E-state index < -0.39 is 5.92 Å². The van der Waals surface area contributed by atoms with E-state index in [0.29, 0.717) is 34.8 Å². The maximum absolute atomic E-state index is 13.3. The van der Waals surface area contributed by atoms with Crippen LogP contribution in [0.4, 0.5) is 11.4 Å². The first-order valence-corrected chi connectivity index (χ1v) is 13.5. The predicted molar refractivity (Wildman–Crippen MR) is 153 cm³/mol. The van der Waals surface area contributed by atoms with Crippen LogP contribution in [0, 0.1) is 0 Å². The van der Waals surface area contributed by atoms with E-state index in [4.69, 9.17) is 4.99 Å². The fourth-order valence-corrected chi connectivity index (χ4v) is 5.11. The number of piperazine rings is 1. The van der Waals surface area contributed by atoms with E-state index in [9.17, 15) is 14.4 Å². The first kappa shape index (κ1) is 26.3. The zero-order chi connectivity index (χ0) is 27.4. The maximum Gasteiger partial charge on any atom is 0.253 e. The van der Waals surface area contributed by atoms with Gasteiger partial charge in [-0.1, -0.05) is 43.3 Å². The average molecular weight is 524 g/mol. The second kappa shape index (κ2) is 11.6. The van der Waals surface area contributed by atoms with E-state index in [1.165, 1.54) is 0 Å². The van der Waals surface area contributed by atoms with Crippen LogP contribution < -0.4 is 10.6 Å². The van der Waals surface area contributed by atoms with Crippen molar-refractivity contribution in [2.45, 2.75) is 19.8 Å². The molecule has 3 amide bonds. The number of carbonyl (C=O) groups is 3. The first-order chi connectivity index (χ1) is 19.0. The van der Waals surface area contributed by atoms with Gasteiger partial charge in [-0.15, -0.1) is 0 Å². The van der Waals surface area contributed by atoms with Gasteiger partial charge in [0.05, 0.1) is 11.4 Å². The molecule has 5 rings (SSSR count). The summed E-state index contributed by atoms with van der Waals surface area (Å²) in [7, 11) is 0. The Labute approximate surface area is 228 Å². The molecule has 1 unspecified atom stereocenters. The van der Waals surface area contributed by atoms with Gasteiger partial charge in [0, 0.05) is 49.5 Å². The summed E-state index contributed by atoms with van der Waals surface area (Å²) in [5.74, 6) is -0.992. The van der Waals surface area contributed by atoms with Gasteiger partial charge in [-0.25, -0.2) is 0 Å². The number of hydrogen-bond acceptors (Lipinski definition) is 5. The van der Waals surface area contributed by atoms with E-state index >= 15 is 0 Å². The second-order valence-corrected chi connectivity index (χ2v) is 9.72. The minimum atomic E-state index is -0.637. The third-order valence-electron chi connectivity index (χ3n) is 7.30. The highest BCUT2D eigenvalue weighted by Crippen LogP contribution is 2.37. The van der Waals surface area contributed by atoms with Crippen molar-refractivity contribution in [3.63, 3.8) is 0 Å². The fraction of sp³-hybridized carbons (Fsp3) is 0.290. The summed E-state index contributed by atoms with van der Waals surface area (Å²) in [6.07, 6.45) is 0. The fourth-order valence-electron chi connectivity index (χ4n) is 5.11. The molecular formula is C31H33N5O3. The van der Waals surface area contributed by atoms with Crippen molar-refractivity contribution in [2.75, 3.05) is 44.6 Å². The molecule has 0 bridgehead atoms. The Kier molecular flexibility index (Phi) is 7.84. The van der Waals surface area contributed by atoms with Gasteiger partial charge in [0.25, 0.3) is 11.8 Å². The van der Waals surface area contributed by atoms with Crippen LogP contribution in [0.25, 0.3) is 0 Å². The lowest BCUT2D eigenvalue weighted by atomic mass is 9.90. The number of anilines is 1. The van der Waals surface area contributed by atoms with Crippen molar-refractivity contribution in [1.29, 1.82) is 0 Å². The third kappa shape index (κ3) is 5.61. The van der Waals surface area contributed by atoms with Crippen molar-refractivity contribution in [3.05, 3.63) is 95.1 Å². The molecule has 39 heavy (non-hydrogen) atoms. The van der Waals surface area contributed by atoms with E-state index in [1.54, 1.807) is 24.3 Å². The Morgan fingerprint density at radius 3 is 2.26 bits per heavy atom. The van der Waals surface area contributed by atoms with Gasteiger partial charge in [0.1, 0.15) is 5.92 Å². The Hall–Kier alpha value is -4.30. The lowest BCUT2D eigenvalue weighted by molar-refractivity contribution is -0.115. The van der Waals surface area contributed by atoms with E-state index in [0.717, 1.165) is 43.9 Å². The Morgan fingerprint density at radius 1 is 0.897 bits per heavy atom. The Balaban J connectivity index is 1.44. The van der Waals surface area contributed by atoms with Crippen LogP contribution in [0.15, 0.2) is 77.8 Å². The molecule has 2 heterocycles. The smallest absolute Gasteiger partial charge is 0.253 e. The van der Waals surface area contributed by atoms with Gasteiger partial charge in [-0.2, -0.15) is 0 Å². The molecule has 0 aliphatic carbocycles. The van der Waals surface area contributed by atoms with Crippen molar-refractivity contribution in [3.8, 4) is 0 Å². The van der Waals surface area contributed by atoms with Gasteiger partial charge >= 0.3 is 0 Å². The molecule has 3 aromatic rings. The number of carbonyl (C=O) groups excluding carboxylic acids is 3. The Bertz CT molecular complexity index is 1390. The highest BCUT2D eigenvalue weighted by molar-refractivity contribution is 6.24. The van der Waals surface area contributed by atoms with E-state index in [1.807, 2.05) is 60.4 Å². The normalized spacial score (nSPS) is 17.5. The molecule has 2 aliphatic heterocycles. The van der Waals surface area contributed by atoms with Crippen molar-refractivity contribution < 1.29 is 14.4 Å². The van der Waals surface area contributed by atoms with Crippen LogP contribution in [-0.2, 0) is 4.79 Å². The molecule has 200 valence electrons. The highest BCUT2D eigenvalue weighted by atomic mass is 16.2. The van der Waals surface area contributed by atoms with Crippen molar-refractivity contribution in [1.82, 2.24) is 15.1 Å². The summed E-state index contributed by atoms with van der Waals surface area (Å²) in [4.78, 5) is 47.8. The van der Waals surface area contributed by atoms with Crippen LogP contribution >= 0.6 is 0 Å². The van der Waals surface area contributed by atoms with Gasteiger partial charge in [0.2, 0.25) is 5.91 Å². The molecule has 2 N–H and O–H groups in total. The van der Waals surface area contributed by atoms with Crippen LogP contribution in [0.3, 0.4) is 0 Å². The lowest BCUT2D eigenvalue weighted by Crippen LogP contribution is -2.48. The lowest BCUT2D eigenvalue weighted by Gasteiger charge is -2.34. The molecule has 2 aliphatic rings. The average Bonchev–Trinajstić information content (AvgIpc) is 3.31. The number of hydrogen-bond donors (Lipinski definition) is 2. The molecule has 1 fully saturated rings. The molecular weight excluding hydrogens is 490 g/mol. The number of fused-ring (bicyclic) bond motifs is 1. The molecule has 0 aromatic heterocycles. The van der Waals surface area contributed by atoms with E-state index in [-0.39, 0.29) is 17.7 Å². The van der Waals surface area contributed by atoms with Crippen LogP contribution in [0.1, 0.15) is 51.6 Å². The van der Waals surface area contributed by atoms with Crippen LogP contribution in [0.5, 0.6) is 0 Å². The molecule has 1 atom stereocenters. The van der Waals surface area contributed by atoms with Gasteiger partial charge < -0.3 is 20.4 Å². The summed E-state index contributed by atoms with van der Waals surface area (Å²) in [5, 5.41) is 5.73. The largest absolute Gasteiger partial charge is 0.352 e. The summed E-state index contributed by atoms with van der Waals surface area (Å²) in [5.41, 5.74) is 4.59. The SMILES string of the molecule is CCNC(=O)c1ccc2c(c1)NC(=O)C2C(=Nc1ccc(C(=O)N2CCN(CC)CC2)cc1)c1ccccc1. The van der Waals surface area contributed by atoms with Gasteiger partial charge in [-0.05, 0) is 61.0 Å². The number of benzene rings is 3. The topological polar surface area (TPSA) is 94.1 Å². The third-order valence-corrected chi connectivity index (χ3v) is 7.30. The molecule has 1 saturated heterocycles. The molecule has 8 heteroatoms. The minimum Gasteiger partial charge on any atom is -0.352 e. The molecule has 8 nitrogen and oxygen atoms in total. The first-order valence-electron chi connectivity index (χ1n) is 13.5. The summed E-state index contributed by atoms with van der Waals surface area (Å²) in [6, 6.07) is 22.1. The zero-order valence-corrected chi connectivity index (χ0v) is 22.3. The van der Waals surface area contributed by atoms with Crippen molar-refractivity contribution >= 4 is 34.8 Å². The summed E-state index contributed by atoms with van der Waals surface area (Å²) < 4.78 is 0. The molecule has 3 aromatic carbocycles. The number of likely N-dealkylation sites (N-methyl/N-ethyl adjacent to an activating group) is 1. The monoisotopic (exact) mass is 523 g/mol. The number of aliphatic imine (C=N–C) groups is 1. The minimum absolute atomic E-state index is 0.0246. The van der Waals surface area contributed by atoms with Crippen LogP contribution in [0.2, 0.25) is 0 Å².